The number of amides is 1. The number of carbonyl (C=O) groups is 2. The number of benzene rings is 1. The van der Waals surface area contributed by atoms with Crippen molar-refractivity contribution in [2.75, 3.05) is 58.9 Å². The van der Waals surface area contributed by atoms with Crippen LogP contribution in [-0.4, -0.2) is 96.6 Å². The largest absolute Gasteiger partial charge is 0.495 e. The normalized spacial score (nSPS) is 23.0. The predicted octanol–water partition coefficient (Wildman–Crippen LogP) is 1.78. The number of thiophene rings is 1. The Hall–Kier alpha value is -3.78. The van der Waals surface area contributed by atoms with Crippen molar-refractivity contribution in [1.82, 2.24) is 29.9 Å². The maximum Gasteiger partial charge on any atom is 0.275 e. The molecule has 0 saturated carbocycles. The van der Waals surface area contributed by atoms with Gasteiger partial charge in [-0.3, -0.25) is 30.1 Å². The third-order valence-electron chi connectivity index (χ3n) is 8.11. The van der Waals surface area contributed by atoms with Crippen molar-refractivity contribution in [3.8, 4) is 5.75 Å². The summed E-state index contributed by atoms with van der Waals surface area (Å²) >= 11 is 1.69. The molecule has 1 fully saturated rings. The van der Waals surface area contributed by atoms with Gasteiger partial charge in [0.2, 0.25) is 11.8 Å². The lowest BCUT2D eigenvalue weighted by atomic mass is 10.1. The molecule has 3 aliphatic heterocycles. The Morgan fingerprint density at radius 1 is 1.26 bits per heavy atom. The molecule has 1 aromatic carbocycles. The summed E-state index contributed by atoms with van der Waals surface area (Å²) in [5, 5.41) is 12.5. The van der Waals surface area contributed by atoms with E-state index in [0.717, 1.165) is 37.0 Å². The first kappa shape index (κ1) is 28.3. The van der Waals surface area contributed by atoms with Crippen LogP contribution in [0.15, 0.2) is 53.4 Å². The van der Waals surface area contributed by atoms with E-state index in [0.29, 0.717) is 49.3 Å². The fourth-order valence-electron chi connectivity index (χ4n) is 5.95. The number of methoxy groups -OCH3 is 1. The van der Waals surface area contributed by atoms with Crippen molar-refractivity contribution in [2.45, 2.75) is 31.8 Å². The minimum absolute atomic E-state index is 0.0247. The van der Waals surface area contributed by atoms with Crippen molar-refractivity contribution in [3.63, 3.8) is 0 Å². The van der Waals surface area contributed by atoms with E-state index in [9.17, 15) is 9.59 Å². The Morgan fingerprint density at radius 3 is 2.79 bits per heavy atom. The Balaban J connectivity index is 1.28. The molecule has 1 saturated heterocycles. The first-order valence-electron chi connectivity index (χ1n) is 14.2. The molecule has 13 heteroatoms. The fraction of sp³-hybridized carbons (Fsp3) is 0.448. The summed E-state index contributed by atoms with van der Waals surface area (Å²) in [6.45, 7) is 6.59. The first-order chi connectivity index (χ1) is 20.3. The number of carbonyl (C=O) groups excluding carboxylic acids is 2. The van der Waals surface area contributed by atoms with Crippen LogP contribution in [0.2, 0.25) is 0 Å². The van der Waals surface area contributed by atoms with Crippen LogP contribution in [0.5, 0.6) is 5.75 Å². The molecule has 2 atom stereocenters. The highest BCUT2D eigenvalue weighted by Gasteiger charge is 2.44. The van der Waals surface area contributed by atoms with Crippen LogP contribution in [0.1, 0.15) is 23.0 Å². The maximum absolute atomic E-state index is 13.5. The molecule has 3 aliphatic rings. The number of hydrogen-bond donors (Lipinski definition) is 4. The molecule has 42 heavy (non-hydrogen) atoms. The van der Waals surface area contributed by atoms with E-state index in [4.69, 9.17) is 15.2 Å². The summed E-state index contributed by atoms with van der Waals surface area (Å²) in [5.74, 6) is -0.627. The van der Waals surface area contributed by atoms with Crippen molar-refractivity contribution in [3.05, 3.63) is 58.3 Å². The average molecular weight is 595 g/mol. The van der Waals surface area contributed by atoms with Crippen molar-refractivity contribution < 1.29 is 19.1 Å². The zero-order valence-electron chi connectivity index (χ0n) is 24.2. The highest BCUT2D eigenvalue weighted by atomic mass is 32.1. The number of nitrogens with two attached hydrogens (primary N) is 1. The second-order valence-electron chi connectivity index (χ2n) is 10.9. The fourth-order valence-corrected chi connectivity index (χ4v) is 6.65. The van der Waals surface area contributed by atoms with Gasteiger partial charge in [0.05, 0.1) is 44.6 Å². The lowest BCUT2D eigenvalue weighted by Gasteiger charge is -2.50. The van der Waals surface area contributed by atoms with Gasteiger partial charge in [0.1, 0.15) is 17.3 Å². The van der Waals surface area contributed by atoms with Gasteiger partial charge in [-0.1, -0.05) is 13.0 Å². The number of ether oxygens (including phenoxy) is 2. The quantitative estimate of drug-likeness (QED) is 0.287. The summed E-state index contributed by atoms with van der Waals surface area (Å²) in [4.78, 5) is 34.2. The standard InChI is InChI=1S/C29H38N8O4S/c1-4-20-16-34(2)26-27(37(20)17-21-6-5-13-42-21)32-29(30,33-28(26)39)31-22-14-19-7-8-36(23(19)15-24(22)40-3)25(38)18-35-9-11-41-12-10-35/h5-8,13-15,20,31-32H,4,9-12,16-18,30H2,1-3H3,(H,33,39)/t20?,29-/m1/s1. The Morgan fingerprint density at radius 2 is 2.07 bits per heavy atom. The van der Waals surface area contributed by atoms with Gasteiger partial charge >= 0.3 is 0 Å². The highest BCUT2D eigenvalue weighted by Crippen LogP contribution is 2.34. The average Bonchev–Trinajstić information content (AvgIpc) is 3.63. The van der Waals surface area contributed by atoms with Gasteiger partial charge in [-0.2, -0.15) is 0 Å². The monoisotopic (exact) mass is 594 g/mol. The molecule has 5 heterocycles. The minimum atomic E-state index is -1.50. The number of nitrogens with one attached hydrogen (secondary N) is 3. The second kappa shape index (κ2) is 11.5. The summed E-state index contributed by atoms with van der Waals surface area (Å²) < 4.78 is 12.8. The lowest BCUT2D eigenvalue weighted by molar-refractivity contribution is -0.123. The Kier molecular flexibility index (Phi) is 7.75. The molecule has 0 radical (unpaired) electrons. The molecule has 0 bridgehead atoms. The highest BCUT2D eigenvalue weighted by molar-refractivity contribution is 7.09. The number of nitrogens with zero attached hydrogens (tertiary/aromatic N) is 4. The Labute approximate surface area is 249 Å². The van der Waals surface area contributed by atoms with E-state index in [-0.39, 0.29) is 17.9 Å². The smallest absolute Gasteiger partial charge is 0.275 e. The van der Waals surface area contributed by atoms with Gasteiger partial charge in [-0.15, -0.1) is 11.3 Å². The van der Waals surface area contributed by atoms with Gasteiger partial charge in [-0.25, -0.2) is 0 Å². The van der Waals surface area contributed by atoms with Crippen LogP contribution < -0.4 is 26.4 Å². The van der Waals surface area contributed by atoms with E-state index in [1.165, 1.54) is 4.88 Å². The lowest BCUT2D eigenvalue weighted by Crippen LogP contribution is -2.75. The van der Waals surface area contributed by atoms with Gasteiger partial charge in [0, 0.05) is 55.3 Å². The molecule has 3 aromatic rings. The molecule has 6 rings (SSSR count). The van der Waals surface area contributed by atoms with E-state index in [2.05, 4.69) is 44.1 Å². The number of rotatable bonds is 8. The number of likely N-dealkylation sites (N-methyl/N-ethyl adjacent to an activating group) is 1. The number of morpholine rings is 1. The molecule has 1 amide bonds. The minimum Gasteiger partial charge on any atom is -0.495 e. The molecule has 1 unspecified atom stereocenters. The van der Waals surface area contributed by atoms with E-state index >= 15 is 0 Å². The molecule has 0 spiro atoms. The summed E-state index contributed by atoms with van der Waals surface area (Å²) in [6.07, 6.45) is 2.68. The topological polar surface area (TPSA) is 129 Å². The van der Waals surface area contributed by atoms with Gasteiger partial charge in [0.25, 0.3) is 5.91 Å². The second-order valence-corrected chi connectivity index (χ2v) is 12.0. The third kappa shape index (κ3) is 5.40. The predicted molar refractivity (Wildman–Crippen MR) is 162 cm³/mol. The number of aromatic nitrogens is 1. The zero-order chi connectivity index (χ0) is 29.4. The molecule has 224 valence electrons. The van der Waals surface area contributed by atoms with E-state index in [1.807, 2.05) is 36.2 Å². The van der Waals surface area contributed by atoms with Crippen molar-refractivity contribution >= 4 is 39.7 Å². The van der Waals surface area contributed by atoms with Crippen LogP contribution in [0.25, 0.3) is 10.9 Å². The molecular weight excluding hydrogens is 556 g/mol. The van der Waals surface area contributed by atoms with Gasteiger partial charge in [0.15, 0.2) is 0 Å². The molecular formula is C29H38N8O4S. The molecule has 2 aromatic heterocycles. The molecule has 12 nitrogen and oxygen atoms in total. The number of hydrogen-bond acceptors (Lipinski definition) is 11. The van der Waals surface area contributed by atoms with E-state index in [1.54, 1.807) is 29.2 Å². The number of anilines is 1. The summed E-state index contributed by atoms with van der Waals surface area (Å²) in [7, 11) is 3.50. The molecule has 5 N–H and O–H groups in total. The Bertz CT molecular complexity index is 1500. The summed E-state index contributed by atoms with van der Waals surface area (Å²) in [5.41, 5.74) is 8.68. The van der Waals surface area contributed by atoms with Crippen molar-refractivity contribution in [2.24, 2.45) is 5.73 Å². The van der Waals surface area contributed by atoms with Crippen molar-refractivity contribution in [1.29, 1.82) is 0 Å². The van der Waals surface area contributed by atoms with E-state index < -0.39 is 5.91 Å². The third-order valence-corrected chi connectivity index (χ3v) is 8.97. The number of fused-ring (bicyclic) bond motifs is 1. The van der Waals surface area contributed by atoms with Crippen LogP contribution in [-0.2, 0) is 16.1 Å². The van der Waals surface area contributed by atoms with Crippen LogP contribution in [0.3, 0.4) is 0 Å². The first-order valence-corrected chi connectivity index (χ1v) is 15.1. The van der Waals surface area contributed by atoms with Gasteiger partial charge in [-0.05, 0) is 30.0 Å². The summed E-state index contributed by atoms with van der Waals surface area (Å²) in [6, 6.07) is 9.92. The van der Waals surface area contributed by atoms with Crippen LogP contribution in [0, 0.1) is 0 Å². The van der Waals surface area contributed by atoms with Crippen LogP contribution in [0.4, 0.5) is 5.69 Å². The van der Waals surface area contributed by atoms with Crippen LogP contribution >= 0.6 is 11.3 Å². The van der Waals surface area contributed by atoms with Gasteiger partial charge < -0.3 is 29.9 Å². The SMILES string of the molecule is CCC1CN(C)C2=C(N[C@@](N)(Nc3cc4ccn(C(=O)CN5CCOCC5)c4cc3OC)NC2=O)N1Cc1cccs1. The maximum atomic E-state index is 13.5. The zero-order valence-corrected chi connectivity index (χ0v) is 25.0. The molecule has 0 aliphatic carbocycles.